The molecule has 278 valence electrons. The summed E-state index contributed by atoms with van der Waals surface area (Å²) in [6.45, 7) is 4.63. The van der Waals surface area contributed by atoms with Crippen molar-refractivity contribution in [3.05, 3.63) is 0 Å². The fourth-order valence-electron chi connectivity index (χ4n) is 9.80. The number of hydrogen-bond acceptors (Lipinski definition) is 3. The highest BCUT2D eigenvalue weighted by molar-refractivity contribution is 5.99. The molecule has 2 N–H and O–H groups in total. The Labute approximate surface area is 297 Å². The molecule has 4 fully saturated rings. The number of nitrogens with zero attached hydrogens (tertiary/aromatic N) is 1. The molecule has 4 aliphatic rings. The van der Waals surface area contributed by atoms with E-state index < -0.39 is 5.97 Å². The highest BCUT2D eigenvalue weighted by atomic mass is 16.4. The lowest BCUT2D eigenvalue weighted by molar-refractivity contribution is -0.135. The number of hydrogen-bond donors (Lipinski definition) is 2. The first-order valence-electron chi connectivity index (χ1n) is 21.9. The smallest absolute Gasteiger partial charge is 0.309 e. The molecule has 4 aliphatic carbocycles. The lowest BCUT2D eigenvalue weighted by Crippen LogP contribution is -2.19. The molecule has 8 unspecified atom stereocenters. The number of aliphatic carboxylic acids is 1. The molecular weight excluding hydrogens is 590 g/mol. The molecule has 48 heavy (non-hydrogen) atoms. The number of carbonyl (C=O) groups is 1. The van der Waals surface area contributed by atoms with Crippen LogP contribution in [0.25, 0.3) is 0 Å². The van der Waals surface area contributed by atoms with Gasteiger partial charge in [-0.1, -0.05) is 160 Å². The third kappa shape index (κ3) is 16.3. The van der Waals surface area contributed by atoms with Gasteiger partial charge in [0.25, 0.3) is 0 Å². The van der Waals surface area contributed by atoms with Crippen LogP contribution in [0.15, 0.2) is 5.16 Å². The summed E-state index contributed by atoms with van der Waals surface area (Å²) in [5.41, 5.74) is 0.498. The van der Waals surface area contributed by atoms with Gasteiger partial charge < -0.3 is 10.3 Å². The molecule has 4 saturated carbocycles. The predicted octanol–water partition coefficient (Wildman–Crippen LogP) is 13.6. The Kier molecular flexibility index (Phi) is 18.8. The predicted molar refractivity (Wildman–Crippen MR) is 203 cm³/mol. The second-order valence-electron chi connectivity index (χ2n) is 17.7. The minimum absolute atomic E-state index is 0.119. The highest BCUT2D eigenvalue weighted by Crippen LogP contribution is 2.55. The molecule has 0 radical (unpaired) electrons. The van der Waals surface area contributed by atoms with Crippen LogP contribution in [0.5, 0.6) is 0 Å². The van der Waals surface area contributed by atoms with E-state index in [9.17, 15) is 15.1 Å². The quantitative estimate of drug-likeness (QED) is 0.0316. The van der Waals surface area contributed by atoms with E-state index >= 15 is 0 Å². The number of carboxylic acid groups (broad SMARTS) is 1. The van der Waals surface area contributed by atoms with Gasteiger partial charge in [0, 0.05) is 5.92 Å². The van der Waals surface area contributed by atoms with Crippen molar-refractivity contribution in [1.29, 1.82) is 0 Å². The average Bonchev–Trinajstić information content (AvgIpc) is 3.90. The fraction of sp³-hybridized carbons (Fsp3) is 0.955. The summed E-state index contributed by atoms with van der Waals surface area (Å²) in [4.78, 5) is 11.4. The normalized spacial score (nSPS) is 29.6. The summed E-state index contributed by atoms with van der Waals surface area (Å²) in [5.74, 6) is 7.85. The van der Waals surface area contributed by atoms with E-state index in [1.807, 2.05) is 0 Å². The van der Waals surface area contributed by atoms with E-state index in [0.717, 1.165) is 73.0 Å². The van der Waals surface area contributed by atoms with Crippen molar-refractivity contribution in [3.63, 3.8) is 0 Å². The van der Waals surface area contributed by atoms with Crippen LogP contribution in [0, 0.1) is 53.3 Å². The third-order valence-corrected chi connectivity index (χ3v) is 13.5. The molecular formula is C44H79NO3. The van der Waals surface area contributed by atoms with Gasteiger partial charge in [-0.2, -0.15) is 0 Å². The first-order valence-corrected chi connectivity index (χ1v) is 21.9. The molecule has 0 spiro atoms. The monoisotopic (exact) mass is 670 g/mol. The van der Waals surface area contributed by atoms with Gasteiger partial charge >= 0.3 is 5.97 Å². The summed E-state index contributed by atoms with van der Waals surface area (Å²) in [6.07, 6.45) is 41.0. The van der Waals surface area contributed by atoms with E-state index in [1.54, 1.807) is 12.8 Å². The molecule has 0 aromatic heterocycles. The third-order valence-electron chi connectivity index (χ3n) is 13.5. The van der Waals surface area contributed by atoms with Crippen molar-refractivity contribution >= 4 is 11.7 Å². The summed E-state index contributed by atoms with van der Waals surface area (Å²) in [6, 6.07) is 0. The molecule has 4 rings (SSSR count). The SMILES string of the molecule is CCCCCC1CC1CC1CC1CCCCCCCCC(CCCCCCCCC1CC1CC1CC1CCCCC)/C(CC(=O)O)=N/O. The Morgan fingerprint density at radius 2 is 0.854 bits per heavy atom. The molecule has 8 atom stereocenters. The maximum Gasteiger partial charge on any atom is 0.309 e. The zero-order chi connectivity index (χ0) is 34.0. The van der Waals surface area contributed by atoms with Gasteiger partial charge in [-0.15, -0.1) is 0 Å². The van der Waals surface area contributed by atoms with E-state index in [0.29, 0.717) is 5.71 Å². The van der Waals surface area contributed by atoms with Gasteiger partial charge in [-0.25, -0.2) is 0 Å². The maximum absolute atomic E-state index is 11.4. The largest absolute Gasteiger partial charge is 0.481 e. The first-order chi connectivity index (χ1) is 23.5. The zero-order valence-corrected chi connectivity index (χ0v) is 31.9. The molecule has 0 aromatic carbocycles. The summed E-state index contributed by atoms with van der Waals surface area (Å²) >= 11 is 0. The molecule has 0 heterocycles. The summed E-state index contributed by atoms with van der Waals surface area (Å²) < 4.78 is 0. The Bertz CT molecular complexity index is 846. The van der Waals surface area contributed by atoms with Gasteiger partial charge in [0.1, 0.15) is 0 Å². The van der Waals surface area contributed by atoms with Crippen molar-refractivity contribution in [1.82, 2.24) is 0 Å². The minimum Gasteiger partial charge on any atom is -0.481 e. The maximum atomic E-state index is 11.4. The van der Waals surface area contributed by atoms with Gasteiger partial charge in [0.2, 0.25) is 0 Å². The summed E-state index contributed by atoms with van der Waals surface area (Å²) in [7, 11) is 0. The number of rotatable bonds is 33. The van der Waals surface area contributed by atoms with Crippen LogP contribution < -0.4 is 0 Å². The summed E-state index contributed by atoms with van der Waals surface area (Å²) in [5, 5.41) is 22.5. The topological polar surface area (TPSA) is 69.9 Å². The molecule has 4 nitrogen and oxygen atoms in total. The van der Waals surface area contributed by atoms with Gasteiger partial charge in [0.15, 0.2) is 0 Å². The van der Waals surface area contributed by atoms with Crippen LogP contribution >= 0.6 is 0 Å². The van der Waals surface area contributed by atoms with Crippen LogP contribution in [-0.2, 0) is 4.79 Å². The van der Waals surface area contributed by atoms with Crippen molar-refractivity contribution in [2.24, 2.45) is 58.4 Å². The van der Waals surface area contributed by atoms with Gasteiger partial charge in [-0.05, 0) is 98.7 Å². The van der Waals surface area contributed by atoms with E-state index in [1.165, 1.54) is 154 Å². The van der Waals surface area contributed by atoms with Crippen LogP contribution in [0.3, 0.4) is 0 Å². The molecule has 0 saturated heterocycles. The number of oxime groups is 1. The fourth-order valence-corrected chi connectivity index (χ4v) is 9.80. The standard InChI is InChI=1S/C44H79NO3/c1-3-5-15-23-35-27-39(35)31-41-29-37(41)25-19-13-9-7-11-17-21-34(43(45-48)33-44(46)47)22-18-12-8-10-14-20-26-38-30-42(38)32-40-28-36(40)24-16-6-4-2/h34-42,48H,3-33H2,1-2H3,(H,46,47)/b45-43+. The number of carboxylic acids is 1. The molecule has 0 aliphatic heterocycles. The van der Waals surface area contributed by atoms with Crippen molar-refractivity contribution in [2.75, 3.05) is 0 Å². The first kappa shape index (κ1) is 39.7. The van der Waals surface area contributed by atoms with E-state index in [4.69, 9.17) is 0 Å². The van der Waals surface area contributed by atoms with Crippen LogP contribution in [0.2, 0.25) is 0 Å². The Morgan fingerprint density at radius 1 is 0.521 bits per heavy atom. The molecule has 4 heteroatoms. The van der Waals surface area contributed by atoms with Crippen molar-refractivity contribution in [2.45, 2.75) is 213 Å². The molecule has 0 amide bonds. The molecule has 0 bridgehead atoms. The second-order valence-corrected chi connectivity index (χ2v) is 17.7. The lowest BCUT2D eigenvalue weighted by Gasteiger charge is -2.17. The Hall–Kier alpha value is -1.06. The second kappa shape index (κ2) is 22.7. The van der Waals surface area contributed by atoms with Crippen LogP contribution in [0.4, 0.5) is 0 Å². The molecule has 0 aromatic rings. The number of unbranched alkanes of at least 4 members (excludes halogenated alkanes) is 14. The highest BCUT2D eigenvalue weighted by Gasteiger charge is 2.45. The van der Waals surface area contributed by atoms with E-state index in [2.05, 4.69) is 19.0 Å². The lowest BCUT2D eigenvalue weighted by atomic mass is 9.88. The van der Waals surface area contributed by atoms with Gasteiger partial charge in [-0.3, -0.25) is 4.79 Å². The van der Waals surface area contributed by atoms with E-state index in [-0.39, 0.29) is 12.3 Å². The van der Waals surface area contributed by atoms with Crippen molar-refractivity contribution < 1.29 is 15.1 Å². The van der Waals surface area contributed by atoms with Gasteiger partial charge in [0.05, 0.1) is 12.1 Å². The Morgan fingerprint density at radius 3 is 1.19 bits per heavy atom. The zero-order valence-electron chi connectivity index (χ0n) is 31.9. The van der Waals surface area contributed by atoms with Crippen molar-refractivity contribution in [3.8, 4) is 0 Å². The average molecular weight is 670 g/mol. The van der Waals surface area contributed by atoms with Crippen LogP contribution in [0.1, 0.15) is 213 Å². The Balaban J connectivity index is 0.947. The van der Waals surface area contributed by atoms with Crippen LogP contribution in [-0.4, -0.2) is 22.0 Å². The minimum atomic E-state index is -0.878.